The Balaban J connectivity index is 2.59. The van der Waals surface area contributed by atoms with Gasteiger partial charge < -0.3 is 15.2 Å². The summed E-state index contributed by atoms with van der Waals surface area (Å²) >= 11 is 0. The highest BCUT2D eigenvalue weighted by Gasteiger charge is 2.08. The molecule has 0 bridgehead atoms. The smallest absolute Gasteiger partial charge is 0.161 e. The minimum Gasteiger partial charge on any atom is -0.493 e. The number of nitrogens with two attached hydrogens (primary N) is 1. The molecule has 0 amide bonds. The Morgan fingerprint density at radius 1 is 1.17 bits per heavy atom. The zero-order valence-corrected chi connectivity index (χ0v) is 11.9. The Kier molecular flexibility index (Phi) is 5.99. The quantitative estimate of drug-likeness (QED) is 0.754. The van der Waals surface area contributed by atoms with Gasteiger partial charge in [-0.05, 0) is 43.4 Å². The Bertz CT molecular complexity index is 362. The number of hydrogen-bond donors (Lipinski definition) is 1. The van der Waals surface area contributed by atoms with Crippen LogP contribution in [0.3, 0.4) is 0 Å². The lowest BCUT2D eigenvalue weighted by atomic mass is 10.1. The van der Waals surface area contributed by atoms with E-state index in [-0.39, 0.29) is 6.04 Å². The molecule has 1 atom stereocenters. The molecule has 0 saturated carbocycles. The summed E-state index contributed by atoms with van der Waals surface area (Å²) in [5.74, 6) is 2.27. The van der Waals surface area contributed by atoms with Crippen LogP contribution < -0.4 is 15.2 Å². The van der Waals surface area contributed by atoms with Crippen LogP contribution in [0.25, 0.3) is 0 Å². The van der Waals surface area contributed by atoms with Gasteiger partial charge in [-0.1, -0.05) is 19.9 Å². The van der Waals surface area contributed by atoms with Crippen molar-refractivity contribution in [1.29, 1.82) is 0 Å². The third-order valence-electron chi connectivity index (χ3n) is 2.90. The van der Waals surface area contributed by atoms with Crippen molar-refractivity contribution in [3.8, 4) is 11.5 Å². The number of hydrogen-bond acceptors (Lipinski definition) is 3. The largest absolute Gasteiger partial charge is 0.493 e. The third kappa shape index (κ3) is 4.57. The molecule has 1 aromatic rings. The predicted octanol–water partition coefficient (Wildman–Crippen LogP) is 3.53. The van der Waals surface area contributed by atoms with Gasteiger partial charge in [-0.3, -0.25) is 0 Å². The molecule has 3 heteroatoms. The molecule has 0 aliphatic heterocycles. The van der Waals surface area contributed by atoms with Crippen molar-refractivity contribution in [2.24, 2.45) is 11.7 Å². The van der Waals surface area contributed by atoms with Crippen molar-refractivity contribution >= 4 is 0 Å². The fraction of sp³-hybridized carbons (Fsp3) is 0.600. The number of methoxy groups -OCH3 is 1. The molecule has 0 spiro atoms. The van der Waals surface area contributed by atoms with Gasteiger partial charge in [0.2, 0.25) is 0 Å². The summed E-state index contributed by atoms with van der Waals surface area (Å²) < 4.78 is 11.1. The van der Waals surface area contributed by atoms with Gasteiger partial charge in [0.15, 0.2) is 11.5 Å². The first-order valence-electron chi connectivity index (χ1n) is 6.61. The van der Waals surface area contributed by atoms with Crippen molar-refractivity contribution in [3.63, 3.8) is 0 Å². The molecule has 0 radical (unpaired) electrons. The predicted molar refractivity (Wildman–Crippen MR) is 75.2 cm³/mol. The van der Waals surface area contributed by atoms with E-state index in [1.807, 2.05) is 25.1 Å². The second kappa shape index (κ2) is 7.27. The molecule has 0 saturated heterocycles. The van der Waals surface area contributed by atoms with Crippen LogP contribution in [0.5, 0.6) is 11.5 Å². The van der Waals surface area contributed by atoms with Crippen molar-refractivity contribution in [1.82, 2.24) is 0 Å². The summed E-state index contributed by atoms with van der Waals surface area (Å²) in [6.07, 6.45) is 2.25. The molecular formula is C15H25NO2. The Morgan fingerprint density at radius 2 is 1.89 bits per heavy atom. The topological polar surface area (TPSA) is 44.5 Å². The van der Waals surface area contributed by atoms with Gasteiger partial charge in [0, 0.05) is 6.04 Å². The van der Waals surface area contributed by atoms with Crippen LogP contribution in [0.1, 0.15) is 45.2 Å². The highest BCUT2D eigenvalue weighted by molar-refractivity contribution is 5.43. The standard InChI is InChI=1S/C15H25NO2/c1-11(2)6-5-9-18-14-8-7-13(12(3)16)10-15(14)17-4/h7-8,10-12H,5-6,9,16H2,1-4H3. The molecule has 2 N–H and O–H groups in total. The monoisotopic (exact) mass is 251 g/mol. The average molecular weight is 251 g/mol. The van der Waals surface area contributed by atoms with Gasteiger partial charge >= 0.3 is 0 Å². The van der Waals surface area contributed by atoms with Crippen LogP contribution in [-0.2, 0) is 0 Å². The van der Waals surface area contributed by atoms with E-state index in [1.165, 1.54) is 6.42 Å². The van der Waals surface area contributed by atoms with Crippen LogP contribution in [0.15, 0.2) is 18.2 Å². The fourth-order valence-electron chi connectivity index (χ4n) is 1.76. The highest BCUT2D eigenvalue weighted by atomic mass is 16.5. The van der Waals surface area contributed by atoms with E-state index >= 15 is 0 Å². The van der Waals surface area contributed by atoms with E-state index in [9.17, 15) is 0 Å². The number of ether oxygens (including phenoxy) is 2. The maximum atomic E-state index is 5.85. The van der Waals surface area contributed by atoms with Gasteiger partial charge in [0.1, 0.15) is 0 Å². The minimum atomic E-state index is 0.00823. The summed E-state index contributed by atoms with van der Waals surface area (Å²) in [5.41, 5.74) is 6.90. The second-order valence-electron chi connectivity index (χ2n) is 5.08. The van der Waals surface area contributed by atoms with Crippen LogP contribution in [0.2, 0.25) is 0 Å². The zero-order valence-electron chi connectivity index (χ0n) is 11.9. The SMILES string of the molecule is COc1cc(C(C)N)ccc1OCCCC(C)C. The molecule has 102 valence electrons. The van der Waals surface area contributed by atoms with E-state index in [2.05, 4.69) is 13.8 Å². The van der Waals surface area contributed by atoms with E-state index in [0.29, 0.717) is 0 Å². The lowest BCUT2D eigenvalue weighted by Crippen LogP contribution is -2.06. The highest BCUT2D eigenvalue weighted by Crippen LogP contribution is 2.30. The Hall–Kier alpha value is -1.22. The second-order valence-corrected chi connectivity index (χ2v) is 5.08. The molecule has 0 aliphatic carbocycles. The maximum Gasteiger partial charge on any atom is 0.161 e. The summed E-state index contributed by atoms with van der Waals surface area (Å²) in [4.78, 5) is 0. The normalized spacial score (nSPS) is 12.6. The van der Waals surface area contributed by atoms with Gasteiger partial charge in [-0.25, -0.2) is 0 Å². The van der Waals surface area contributed by atoms with Crippen LogP contribution >= 0.6 is 0 Å². The van der Waals surface area contributed by atoms with Crippen molar-refractivity contribution in [2.75, 3.05) is 13.7 Å². The van der Waals surface area contributed by atoms with Crippen molar-refractivity contribution in [3.05, 3.63) is 23.8 Å². The summed E-state index contributed by atoms with van der Waals surface area (Å²) in [6.45, 7) is 7.13. The van der Waals surface area contributed by atoms with E-state index < -0.39 is 0 Å². The third-order valence-corrected chi connectivity index (χ3v) is 2.90. The molecule has 0 aromatic heterocycles. The first-order valence-corrected chi connectivity index (χ1v) is 6.61. The molecule has 1 unspecified atom stereocenters. The van der Waals surface area contributed by atoms with Crippen molar-refractivity contribution in [2.45, 2.75) is 39.7 Å². The summed E-state index contributed by atoms with van der Waals surface area (Å²) in [6, 6.07) is 5.88. The lowest BCUT2D eigenvalue weighted by molar-refractivity contribution is 0.279. The first-order chi connectivity index (χ1) is 8.54. The Labute approximate surface area is 110 Å². The molecule has 0 fully saturated rings. The van der Waals surface area contributed by atoms with Crippen LogP contribution in [0, 0.1) is 5.92 Å². The minimum absolute atomic E-state index is 0.00823. The van der Waals surface area contributed by atoms with Gasteiger partial charge in [-0.15, -0.1) is 0 Å². The molecule has 1 rings (SSSR count). The lowest BCUT2D eigenvalue weighted by Gasteiger charge is -2.14. The van der Waals surface area contributed by atoms with E-state index in [4.69, 9.17) is 15.2 Å². The molecule has 18 heavy (non-hydrogen) atoms. The molecule has 0 heterocycles. The molecule has 3 nitrogen and oxygen atoms in total. The maximum absolute atomic E-state index is 5.85. The summed E-state index contributed by atoms with van der Waals surface area (Å²) in [5, 5.41) is 0. The average Bonchev–Trinajstić information content (AvgIpc) is 2.34. The molecule has 1 aromatic carbocycles. The Morgan fingerprint density at radius 3 is 2.44 bits per heavy atom. The summed E-state index contributed by atoms with van der Waals surface area (Å²) in [7, 11) is 1.65. The van der Waals surface area contributed by atoms with Crippen LogP contribution in [-0.4, -0.2) is 13.7 Å². The van der Waals surface area contributed by atoms with Gasteiger partial charge in [0.25, 0.3) is 0 Å². The molecule has 0 aliphatic rings. The van der Waals surface area contributed by atoms with Gasteiger partial charge in [0.05, 0.1) is 13.7 Å². The number of rotatable bonds is 7. The fourth-order valence-corrected chi connectivity index (χ4v) is 1.76. The zero-order chi connectivity index (χ0) is 13.5. The van der Waals surface area contributed by atoms with E-state index in [0.717, 1.165) is 36.0 Å². The number of benzene rings is 1. The first kappa shape index (κ1) is 14.8. The van der Waals surface area contributed by atoms with E-state index in [1.54, 1.807) is 7.11 Å². The van der Waals surface area contributed by atoms with Gasteiger partial charge in [-0.2, -0.15) is 0 Å². The van der Waals surface area contributed by atoms with Crippen molar-refractivity contribution < 1.29 is 9.47 Å². The van der Waals surface area contributed by atoms with Crippen LogP contribution in [0.4, 0.5) is 0 Å². The molecular weight excluding hydrogens is 226 g/mol.